The van der Waals surface area contributed by atoms with Gasteiger partial charge in [0.25, 0.3) is 0 Å². The molecule has 1 N–H and O–H groups in total. The lowest BCUT2D eigenvalue weighted by Gasteiger charge is -2.36. The van der Waals surface area contributed by atoms with Crippen LogP contribution in [0.1, 0.15) is 32.1 Å². The van der Waals surface area contributed by atoms with Gasteiger partial charge in [-0.2, -0.15) is 0 Å². The molecule has 4 heteroatoms. The van der Waals surface area contributed by atoms with Gasteiger partial charge >= 0.3 is 5.97 Å². The fourth-order valence-electron chi connectivity index (χ4n) is 2.51. The third-order valence-electron chi connectivity index (χ3n) is 3.41. The molecule has 1 aliphatic carbocycles. The summed E-state index contributed by atoms with van der Waals surface area (Å²) in [6.07, 6.45) is 4.36. The number of rotatable bonds is 2. The van der Waals surface area contributed by atoms with Gasteiger partial charge in [-0.3, -0.25) is 4.79 Å². The zero-order valence-corrected chi connectivity index (χ0v) is 8.20. The zero-order valence-electron chi connectivity index (χ0n) is 8.20. The Labute approximate surface area is 83.2 Å². The number of carbonyl (C=O) groups is 1. The van der Waals surface area contributed by atoms with Crippen molar-refractivity contribution < 1.29 is 19.4 Å². The largest absolute Gasteiger partial charge is 0.481 e. The van der Waals surface area contributed by atoms with Crippen molar-refractivity contribution in [1.82, 2.24) is 0 Å². The SMILES string of the molecule is O=C(O)C1(C2COCO2)CCCCC1. The maximum absolute atomic E-state index is 11.3. The molecule has 0 amide bonds. The molecule has 1 unspecified atom stereocenters. The summed E-state index contributed by atoms with van der Waals surface area (Å²) in [5, 5.41) is 9.31. The van der Waals surface area contributed by atoms with Gasteiger partial charge in [0.15, 0.2) is 0 Å². The molecule has 4 nitrogen and oxygen atoms in total. The summed E-state index contributed by atoms with van der Waals surface area (Å²) in [7, 11) is 0. The molecule has 0 radical (unpaired) electrons. The van der Waals surface area contributed by atoms with Gasteiger partial charge in [0.1, 0.15) is 6.79 Å². The molecule has 14 heavy (non-hydrogen) atoms. The van der Waals surface area contributed by atoms with Crippen molar-refractivity contribution in [2.75, 3.05) is 13.4 Å². The van der Waals surface area contributed by atoms with Crippen molar-refractivity contribution in [3.63, 3.8) is 0 Å². The third-order valence-corrected chi connectivity index (χ3v) is 3.41. The van der Waals surface area contributed by atoms with E-state index in [9.17, 15) is 9.90 Å². The monoisotopic (exact) mass is 200 g/mol. The van der Waals surface area contributed by atoms with E-state index in [-0.39, 0.29) is 12.9 Å². The topological polar surface area (TPSA) is 55.8 Å². The number of aliphatic carboxylic acids is 1. The van der Waals surface area contributed by atoms with Crippen LogP contribution in [0.2, 0.25) is 0 Å². The van der Waals surface area contributed by atoms with E-state index in [1.807, 2.05) is 0 Å². The number of hydrogen-bond donors (Lipinski definition) is 1. The van der Waals surface area contributed by atoms with E-state index in [0.717, 1.165) is 32.1 Å². The standard InChI is InChI=1S/C10H16O4/c11-9(12)10(4-2-1-3-5-10)8-6-13-7-14-8/h8H,1-7H2,(H,11,12). The summed E-state index contributed by atoms with van der Waals surface area (Å²) in [6.45, 7) is 0.687. The maximum atomic E-state index is 11.3. The Morgan fingerprint density at radius 2 is 2.00 bits per heavy atom. The van der Waals surface area contributed by atoms with Crippen LogP contribution in [-0.2, 0) is 14.3 Å². The Balaban J connectivity index is 2.15. The molecule has 1 heterocycles. The molecule has 2 rings (SSSR count). The number of carboxylic acids is 1. The van der Waals surface area contributed by atoms with Crippen molar-refractivity contribution in [2.24, 2.45) is 5.41 Å². The van der Waals surface area contributed by atoms with Gasteiger partial charge in [0, 0.05) is 0 Å². The van der Waals surface area contributed by atoms with E-state index in [2.05, 4.69) is 0 Å². The lowest BCUT2D eigenvalue weighted by atomic mass is 9.70. The van der Waals surface area contributed by atoms with Crippen LogP contribution in [0.4, 0.5) is 0 Å². The molecule has 2 aliphatic rings. The van der Waals surface area contributed by atoms with Crippen LogP contribution in [-0.4, -0.2) is 30.6 Å². The van der Waals surface area contributed by atoms with Crippen LogP contribution < -0.4 is 0 Å². The average Bonchev–Trinajstić information content (AvgIpc) is 2.72. The smallest absolute Gasteiger partial charge is 0.312 e. The minimum atomic E-state index is -0.715. The Kier molecular flexibility index (Phi) is 2.74. The van der Waals surface area contributed by atoms with Crippen molar-refractivity contribution in [3.8, 4) is 0 Å². The second-order valence-electron chi connectivity index (χ2n) is 4.17. The quantitative estimate of drug-likeness (QED) is 0.732. The van der Waals surface area contributed by atoms with Crippen molar-refractivity contribution >= 4 is 5.97 Å². The fourth-order valence-corrected chi connectivity index (χ4v) is 2.51. The van der Waals surface area contributed by atoms with Gasteiger partial charge in [-0.15, -0.1) is 0 Å². The summed E-state index contributed by atoms with van der Waals surface area (Å²) in [4.78, 5) is 11.3. The van der Waals surface area contributed by atoms with Crippen LogP contribution in [0.3, 0.4) is 0 Å². The fraction of sp³-hybridized carbons (Fsp3) is 0.900. The molecule has 0 aromatic carbocycles. The second-order valence-corrected chi connectivity index (χ2v) is 4.17. The predicted octanol–water partition coefficient (Wildman–Crippen LogP) is 1.39. The summed E-state index contributed by atoms with van der Waals surface area (Å²) in [6, 6.07) is 0. The van der Waals surface area contributed by atoms with Crippen molar-refractivity contribution in [1.29, 1.82) is 0 Å². The van der Waals surface area contributed by atoms with Crippen LogP contribution in [0.25, 0.3) is 0 Å². The molecular formula is C10H16O4. The minimum absolute atomic E-state index is 0.236. The van der Waals surface area contributed by atoms with E-state index < -0.39 is 11.4 Å². The highest BCUT2D eigenvalue weighted by Gasteiger charge is 2.48. The van der Waals surface area contributed by atoms with Crippen LogP contribution in [0.15, 0.2) is 0 Å². The molecule has 0 spiro atoms. The Morgan fingerprint density at radius 1 is 1.29 bits per heavy atom. The van der Waals surface area contributed by atoms with Crippen molar-refractivity contribution in [2.45, 2.75) is 38.2 Å². The normalized spacial score (nSPS) is 31.6. The molecule has 2 fully saturated rings. The first-order valence-corrected chi connectivity index (χ1v) is 5.18. The van der Waals surface area contributed by atoms with E-state index in [1.165, 1.54) is 0 Å². The van der Waals surface area contributed by atoms with Gasteiger partial charge in [-0.05, 0) is 12.8 Å². The van der Waals surface area contributed by atoms with Gasteiger partial charge in [-0.1, -0.05) is 19.3 Å². The number of ether oxygens (including phenoxy) is 2. The first kappa shape index (κ1) is 9.93. The molecular weight excluding hydrogens is 184 g/mol. The molecule has 1 saturated carbocycles. The summed E-state index contributed by atoms with van der Waals surface area (Å²) >= 11 is 0. The van der Waals surface area contributed by atoms with Crippen LogP contribution >= 0.6 is 0 Å². The Hall–Kier alpha value is -0.610. The summed E-state index contributed by atoms with van der Waals surface area (Å²) < 4.78 is 10.5. The highest BCUT2D eigenvalue weighted by Crippen LogP contribution is 2.42. The van der Waals surface area contributed by atoms with E-state index in [0.29, 0.717) is 6.61 Å². The summed E-state index contributed by atoms with van der Waals surface area (Å²) in [5.74, 6) is -0.715. The van der Waals surface area contributed by atoms with Crippen LogP contribution in [0, 0.1) is 5.41 Å². The third kappa shape index (κ3) is 1.53. The lowest BCUT2D eigenvalue weighted by Crippen LogP contribution is -2.45. The Morgan fingerprint density at radius 3 is 2.50 bits per heavy atom. The van der Waals surface area contributed by atoms with Gasteiger partial charge in [0.2, 0.25) is 0 Å². The average molecular weight is 200 g/mol. The number of hydrogen-bond acceptors (Lipinski definition) is 3. The summed E-state index contributed by atoms with van der Waals surface area (Å²) in [5.41, 5.74) is -0.672. The van der Waals surface area contributed by atoms with Crippen LogP contribution in [0.5, 0.6) is 0 Å². The molecule has 0 aromatic heterocycles. The number of carboxylic acid groups (broad SMARTS) is 1. The molecule has 80 valence electrons. The Bertz CT molecular complexity index is 214. The molecule has 1 saturated heterocycles. The molecule has 0 aromatic rings. The minimum Gasteiger partial charge on any atom is -0.481 e. The van der Waals surface area contributed by atoms with Crippen molar-refractivity contribution in [3.05, 3.63) is 0 Å². The molecule has 1 atom stereocenters. The van der Waals surface area contributed by atoms with E-state index in [4.69, 9.17) is 9.47 Å². The zero-order chi connectivity index (χ0) is 10.0. The van der Waals surface area contributed by atoms with E-state index >= 15 is 0 Å². The molecule has 0 bridgehead atoms. The lowest BCUT2D eigenvalue weighted by molar-refractivity contribution is -0.160. The first-order valence-electron chi connectivity index (χ1n) is 5.18. The van der Waals surface area contributed by atoms with Gasteiger partial charge in [0.05, 0.1) is 18.1 Å². The van der Waals surface area contributed by atoms with Gasteiger partial charge < -0.3 is 14.6 Å². The maximum Gasteiger partial charge on any atom is 0.312 e. The highest BCUT2D eigenvalue weighted by molar-refractivity contribution is 5.75. The molecule has 1 aliphatic heterocycles. The van der Waals surface area contributed by atoms with E-state index in [1.54, 1.807) is 0 Å². The highest BCUT2D eigenvalue weighted by atomic mass is 16.7. The first-order chi connectivity index (χ1) is 6.76. The predicted molar refractivity (Wildman–Crippen MR) is 48.8 cm³/mol. The van der Waals surface area contributed by atoms with Gasteiger partial charge in [-0.25, -0.2) is 0 Å². The second kappa shape index (κ2) is 3.87.